The first-order valence-corrected chi connectivity index (χ1v) is 12.0. The van der Waals surface area contributed by atoms with E-state index in [2.05, 4.69) is 18.6 Å². The van der Waals surface area contributed by atoms with Crippen LogP contribution in [0.1, 0.15) is 130 Å². The van der Waals surface area contributed by atoms with E-state index in [1.54, 1.807) is 6.92 Å². The van der Waals surface area contributed by atoms with Gasteiger partial charge in [-0.25, -0.2) is 4.79 Å². The van der Waals surface area contributed by atoms with Gasteiger partial charge in [-0.05, 0) is 19.8 Å². The maximum absolute atomic E-state index is 12.1. The molecular weight excluding hydrogens is 352 g/mol. The van der Waals surface area contributed by atoms with Gasteiger partial charge in [0.2, 0.25) is 0 Å². The van der Waals surface area contributed by atoms with Crippen molar-refractivity contribution in [3.05, 3.63) is 0 Å². The van der Waals surface area contributed by atoms with Gasteiger partial charge in [-0.2, -0.15) is 0 Å². The number of unbranched alkanes of at least 4 members (excludes halogenated alkanes) is 13. The smallest absolute Gasteiger partial charge is 0.434 e. The van der Waals surface area contributed by atoms with E-state index in [1.165, 1.54) is 77.0 Å². The first kappa shape index (κ1) is 26.9. The van der Waals surface area contributed by atoms with Crippen LogP contribution in [0.15, 0.2) is 0 Å². The summed E-state index contributed by atoms with van der Waals surface area (Å²) >= 11 is 0. The molecule has 0 bridgehead atoms. The largest absolute Gasteiger partial charge is 0.516 e. The molecule has 4 heteroatoms. The molecule has 0 aliphatic heterocycles. The minimum atomic E-state index is -0.866. The normalized spacial score (nSPS) is 12.0. The number of carbonyl (C=O) groups excluding carboxylic acids is 2. The van der Waals surface area contributed by atoms with E-state index in [9.17, 15) is 9.59 Å². The number of ether oxygens (including phenoxy) is 2. The molecule has 0 aromatic carbocycles. The van der Waals surface area contributed by atoms with Crippen LogP contribution >= 0.6 is 0 Å². The summed E-state index contributed by atoms with van der Waals surface area (Å²) in [5, 5.41) is 0. The van der Waals surface area contributed by atoms with Crippen LogP contribution in [0.25, 0.3) is 0 Å². The van der Waals surface area contributed by atoms with E-state index in [4.69, 9.17) is 4.74 Å². The van der Waals surface area contributed by atoms with Crippen molar-refractivity contribution in [3.8, 4) is 0 Å². The van der Waals surface area contributed by atoms with Crippen molar-refractivity contribution < 1.29 is 19.1 Å². The minimum Gasteiger partial charge on any atom is -0.434 e. The van der Waals surface area contributed by atoms with Crippen molar-refractivity contribution in [2.45, 2.75) is 130 Å². The fourth-order valence-electron chi connectivity index (χ4n) is 3.63. The Bertz CT molecular complexity index is 368. The summed E-state index contributed by atoms with van der Waals surface area (Å²) in [6.07, 6.45) is 20.2. The number of hydrogen-bond donors (Lipinski definition) is 0. The third-order valence-electron chi connectivity index (χ3n) is 5.32. The van der Waals surface area contributed by atoms with Crippen LogP contribution in [0.2, 0.25) is 0 Å². The molecule has 0 heterocycles. The molecule has 0 fully saturated rings. The van der Waals surface area contributed by atoms with Crippen LogP contribution in [0, 0.1) is 5.92 Å². The Hall–Kier alpha value is -1.06. The fourth-order valence-corrected chi connectivity index (χ4v) is 3.63. The van der Waals surface area contributed by atoms with Gasteiger partial charge in [0.1, 0.15) is 0 Å². The highest BCUT2D eigenvalue weighted by molar-refractivity contribution is 5.83. The monoisotopic (exact) mass is 398 g/mol. The van der Waals surface area contributed by atoms with E-state index in [-0.39, 0.29) is 12.5 Å². The van der Waals surface area contributed by atoms with E-state index < -0.39 is 12.1 Å². The molecule has 1 atom stereocenters. The molecule has 0 amide bonds. The second-order valence-electron chi connectivity index (χ2n) is 7.97. The van der Waals surface area contributed by atoms with Gasteiger partial charge in [0, 0.05) is 0 Å². The molecule has 0 saturated carbocycles. The van der Waals surface area contributed by atoms with Crippen molar-refractivity contribution in [1.82, 2.24) is 0 Å². The van der Waals surface area contributed by atoms with Gasteiger partial charge in [0.05, 0.1) is 12.5 Å². The lowest BCUT2D eigenvalue weighted by Crippen LogP contribution is -2.22. The van der Waals surface area contributed by atoms with Gasteiger partial charge in [-0.1, -0.05) is 110 Å². The minimum absolute atomic E-state index is 0.174. The van der Waals surface area contributed by atoms with E-state index in [0.29, 0.717) is 0 Å². The molecule has 0 N–H and O–H groups in total. The Kier molecular flexibility index (Phi) is 19.9. The van der Waals surface area contributed by atoms with Gasteiger partial charge in [-0.3, -0.25) is 4.79 Å². The Morgan fingerprint density at radius 2 is 1.07 bits per heavy atom. The molecule has 0 aromatic rings. The maximum Gasteiger partial charge on any atom is 0.516 e. The maximum atomic E-state index is 12.1. The lowest BCUT2D eigenvalue weighted by molar-refractivity contribution is -0.145. The molecule has 28 heavy (non-hydrogen) atoms. The summed E-state index contributed by atoms with van der Waals surface area (Å²) in [6, 6.07) is 0. The molecule has 0 saturated heterocycles. The lowest BCUT2D eigenvalue weighted by Gasteiger charge is -2.14. The van der Waals surface area contributed by atoms with Crippen molar-refractivity contribution in [2.24, 2.45) is 5.92 Å². The van der Waals surface area contributed by atoms with Crippen molar-refractivity contribution in [1.29, 1.82) is 0 Å². The molecule has 0 radical (unpaired) electrons. The van der Waals surface area contributed by atoms with Crippen LogP contribution < -0.4 is 0 Å². The SMILES string of the molecule is CCCCCCCCCCCCCCCCC(CCC)C(=O)OC(=O)OCC. The quantitative estimate of drug-likeness (QED) is 0.126. The van der Waals surface area contributed by atoms with E-state index in [1.807, 2.05) is 0 Å². The zero-order valence-electron chi connectivity index (χ0n) is 18.9. The molecule has 0 aliphatic carbocycles. The summed E-state index contributed by atoms with van der Waals surface area (Å²) in [6.45, 7) is 6.24. The highest BCUT2D eigenvalue weighted by atomic mass is 16.7. The summed E-state index contributed by atoms with van der Waals surface area (Å²) in [7, 11) is 0. The summed E-state index contributed by atoms with van der Waals surface area (Å²) < 4.78 is 9.46. The first-order chi connectivity index (χ1) is 13.7. The highest BCUT2D eigenvalue weighted by Crippen LogP contribution is 2.19. The third-order valence-corrected chi connectivity index (χ3v) is 5.32. The van der Waals surface area contributed by atoms with E-state index in [0.717, 1.165) is 32.1 Å². The predicted molar refractivity (Wildman–Crippen MR) is 116 cm³/mol. The van der Waals surface area contributed by atoms with Crippen molar-refractivity contribution in [3.63, 3.8) is 0 Å². The van der Waals surface area contributed by atoms with Crippen LogP contribution in [0.5, 0.6) is 0 Å². The Morgan fingerprint density at radius 1 is 0.607 bits per heavy atom. The molecule has 0 rings (SSSR count). The average molecular weight is 399 g/mol. The molecule has 0 aliphatic rings. The molecule has 166 valence electrons. The second kappa shape index (κ2) is 20.7. The Labute approximate surface area is 174 Å². The van der Waals surface area contributed by atoms with Gasteiger partial charge in [-0.15, -0.1) is 0 Å². The van der Waals surface area contributed by atoms with Crippen molar-refractivity contribution >= 4 is 12.1 Å². The van der Waals surface area contributed by atoms with Gasteiger partial charge < -0.3 is 9.47 Å². The zero-order chi connectivity index (χ0) is 20.9. The average Bonchev–Trinajstić information content (AvgIpc) is 2.67. The van der Waals surface area contributed by atoms with Crippen LogP contribution in [0.3, 0.4) is 0 Å². The molecule has 4 nitrogen and oxygen atoms in total. The van der Waals surface area contributed by atoms with Gasteiger partial charge in [0.25, 0.3) is 0 Å². The highest BCUT2D eigenvalue weighted by Gasteiger charge is 2.22. The second-order valence-corrected chi connectivity index (χ2v) is 7.97. The number of rotatable bonds is 19. The first-order valence-electron chi connectivity index (χ1n) is 12.0. The summed E-state index contributed by atoms with van der Waals surface area (Å²) in [5.41, 5.74) is 0. The van der Waals surface area contributed by atoms with Gasteiger partial charge >= 0.3 is 12.1 Å². The van der Waals surface area contributed by atoms with Crippen molar-refractivity contribution in [2.75, 3.05) is 6.61 Å². The van der Waals surface area contributed by atoms with Crippen LogP contribution in [-0.2, 0) is 14.3 Å². The van der Waals surface area contributed by atoms with Crippen LogP contribution in [-0.4, -0.2) is 18.7 Å². The third kappa shape index (κ3) is 17.1. The fraction of sp³-hybridized carbons (Fsp3) is 0.917. The summed E-state index contributed by atoms with van der Waals surface area (Å²) in [5.74, 6) is -0.596. The zero-order valence-corrected chi connectivity index (χ0v) is 18.9. The topological polar surface area (TPSA) is 52.6 Å². The lowest BCUT2D eigenvalue weighted by atomic mass is 9.96. The molecule has 1 unspecified atom stereocenters. The van der Waals surface area contributed by atoms with Gasteiger partial charge in [0.15, 0.2) is 0 Å². The number of hydrogen-bond acceptors (Lipinski definition) is 4. The van der Waals surface area contributed by atoms with Crippen LogP contribution in [0.4, 0.5) is 4.79 Å². The predicted octanol–water partition coefficient (Wildman–Crippen LogP) is 7.97. The van der Waals surface area contributed by atoms with E-state index >= 15 is 0 Å². The summed E-state index contributed by atoms with van der Waals surface area (Å²) in [4.78, 5) is 23.4. The molecular formula is C24H46O4. The molecule has 0 spiro atoms. The molecule has 0 aromatic heterocycles. The number of esters is 1. The Morgan fingerprint density at radius 3 is 1.50 bits per heavy atom. The standard InChI is InChI=1S/C24H46O4/c1-4-7-8-9-10-11-12-13-14-15-16-17-18-19-21-22(20-5-2)23(25)28-24(26)27-6-3/h22H,4-21H2,1-3H3. The number of carbonyl (C=O) groups is 2. The Balaban J connectivity index is 3.57.